The Morgan fingerprint density at radius 2 is 2.00 bits per heavy atom. The Morgan fingerprint density at radius 3 is 2.47 bits per heavy atom. The highest BCUT2D eigenvalue weighted by Gasteiger charge is 2.03. The van der Waals surface area contributed by atoms with Gasteiger partial charge in [-0.05, 0) is 5.56 Å². The van der Waals surface area contributed by atoms with E-state index < -0.39 is 10.0 Å². The second-order valence-corrected chi connectivity index (χ2v) is 5.10. The lowest BCUT2D eigenvalue weighted by Gasteiger charge is -1.99. The largest absolute Gasteiger partial charge is 0.392 e. The average Bonchev–Trinajstić information content (AvgIpc) is 2.17. The van der Waals surface area contributed by atoms with Crippen LogP contribution in [-0.4, -0.2) is 26.3 Å². The highest BCUT2D eigenvalue weighted by Crippen LogP contribution is 1.92. The van der Waals surface area contributed by atoms with E-state index in [1.54, 1.807) is 24.5 Å². The third-order valence-corrected chi connectivity index (χ3v) is 2.61. The number of sulfonamides is 1. The molecule has 5 nitrogen and oxygen atoms in total. The van der Waals surface area contributed by atoms with E-state index in [-0.39, 0.29) is 6.61 Å². The summed E-state index contributed by atoms with van der Waals surface area (Å²) >= 11 is 0. The highest BCUT2D eigenvalue weighted by molar-refractivity contribution is 7.88. The van der Waals surface area contributed by atoms with Crippen molar-refractivity contribution in [2.45, 2.75) is 13.2 Å². The van der Waals surface area contributed by atoms with Crippen molar-refractivity contribution < 1.29 is 18.1 Å². The fourth-order valence-corrected chi connectivity index (χ4v) is 1.56. The molecule has 0 saturated heterocycles. The predicted octanol–water partition coefficient (Wildman–Crippen LogP) is -0.984. The topological polar surface area (TPSA) is 70.3 Å². The summed E-state index contributed by atoms with van der Waals surface area (Å²) in [6, 6.07) is 3.58. The van der Waals surface area contributed by atoms with Gasteiger partial charge in [-0.2, -0.15) is 0 Å². The molecule has 0 atom stereocenters. The van der Waals surface area contributed by atoms with Gasteiger partial charge in [-0.3, -0.25) is 0 Å². The van der Waals surface area contributed by atoms with Gasteiger partial charge < -0.3 is 5.11 Å². The van der Waals surface area contributed by atoms with Crippen molar-refractivity contribution in [3.05, 3.63) is 30.1 Å². The van der Waals surface area contributed by atoms with Gasteiger partial charge in [-0.25, -0.2) is 17.7 Å². The van der Waals surface area contributed by atoms with E-state index in [2.05, 4.69) is 4.72 Å². The van der Waals surface area contributed by atoms with Gasteiger partial charge >= 0.3 is 0 Å². The van der Waals surface area contributed by atoms with Crippen LogP contribution in [0.5, 0.6) is 0 Å². The zero-order valence-corrected chi connectivity index (χ0v) is 9.37. The van der Waals surface area contributed by atoms with Crippen molar-refractivity contribution in [2.24, 2.45) is 0 Å². The molecule has 0 aromatic carbocycles. The minimum Gasteiger partial charge on any atom is -0.392 e. The van der Waals surface area contributed by atoms with Crippen LogP contribution in [0.25, 0.3) is 0 Å². The first kappa shape index (κ1) is 12.1. The number of aliphatic hydroxyl groups excluding tert-OH is 1. The van der Waals surface area contributed by atoms with Crippen LogP contribution < -0.4 is 9.29 Å². The van der Waals surface area contributed by atoms with Crippen molar-refractivity contribution in [1.29, 1.82) is 0 Å². The third-order valence-electron chi connectivity index (χ3n) is 1.88. The first-order valence-corrected chi connectivity index (χ1v) is 6.44. The number of aliphatic hydroxyl groups is 1. The Kier molecular flexibility index (Phi) is 4.19. The number of rotatable bonds is 5. The lowest BCUT2D eigenvalue weighted by atomic mass is 10.3. The molecule has 0 saturated carbocycles. The zero-order valence-electron chi connectivity index (χ0n) is 8.55. The molecule has 84 valence electrons. The monoisotopic (exact) mass is 231 g/mol. The average molecular weight is 231 g/mol. The lowest BCUT2D eigenvalue weighted by Crippen LogP contribution is -2.39. The maximum Gasteiger partial charge on any atom is 0.208 e. The zero-order chi connectivity index (χ0) is 11.3. The summed E-state index contributed by atoms with van der Waals surface area (Å²) in [4.78, 5) is 0. The van der Waals surface area contributed by atoms with E-state index in [1.165, 1.54) is 0 Å². The smallest absolute Gasteiger partial charge is 0.208 e. The maximum atomic E-state index is 10.8. The molecule has 6 heteroatoms. The minimum absolute atomic E-state index is 0.0163. The molecule has 0 amide bonds. The van der Waals surface area contributed by atoms with Crippen molar-refractivity contribution in [1.82, 2.24) is 4.72 Å². The normalized spacial score (nSPS) is 11.6. The van der Waals surface area contributed by atoms with Gasteiger partial charge in [-0.15, -0.1) is 0 Å². The van der Waals surface area contributed by atoms with E-state index in [1.807, 2.05) is 4.57 Å². The van der Waals surface area contributed by atoms with Crippen LogP contribution in [0.15, 0.2) is 24.5 Å². The van der Waals surface area contributed by atoms with Crippen LogP contribution in [-0.2, 0) is 23.2 Å². The minimum atomic E-state index is -3.11. The summed E-state index contributed by atoms with van der Waals surface area (Å²) in [5.41, 5.74) is 0.835. The standard InChI is InChI=1S/C9H15N2O3S/c1-15(13,14)10-4-7-11-5-2-9(8-12)3-6-11/h2-3,5-6,10,12H,4,7-8H2,1H3/q+1. The Hall–Kier alpha value is -0.980. The van der Waals surface area contributed by atoms with Gasteiger partial charge in [0.15, 0.2) is 18.9 Å². The molecule has 0 fully saturated rings. The van der Waals surface area contributed by atoms with Gasteiger partial charge in [0.1, 0.15) is 0 Å². The van der Waals surface area contributed by atoms with Crippen molar-refractivity contribution in [2.75, 3.05) is 12.8 Å². The summed E-state index contributed by atoms with van der Waals surface area (Å²) in [6.07, 6.45) is 4.73. The van der Waals surface area contributed by atoms with Crippen molar-refractivity contribution in [3.8, 4) is 0 Å². The van der Waals surface area contributed by atoms with Gasteiger partial charge in [0.05, 0.1) is 19.4 Å². The second-order valence-electron chi connectivity index (χ2n) is 3.27. The fraction of sp³-hybridized carbons (Fsp3) is 0.444. The van der Waals surface area contributed by atoms with E-state index in [4.69, 9.17) is 5.11 Å². The van der Waals surface area contributed by atoms with Gasteiger partial charge in [0.25, 0.3) is 0 Å². The first-order chi connectivity index (χ1) is 7.01. The highest BCUT2D eigenvalue weighted by atomic mass is 32.2. The molecule has 15 heavy (non-hydrogen) atoms. The molecule has 0 bridgehead atoms. The summed E-state index contributed by atoms with van der Waals surface area (Å²) in [6.45, 7) is 0.948. The molecule has 0 aliphatic heterocycles. The van der Waals surface area contributed by atoms with E-state index in [0.29, 0.717) is 13.1 Å². The number of aromatic nitrogens is 1. The molecule has 1 heterocycles. The Bertz CT molecular complexity index is 400. The van der Waals surface area contributed by atoms with Crippen LogP contribution in [0.2, 0.25) is 0 Å². The molecule has 1 aromatic heterocycles. The predicted molar refractivity (Wildman–Crippen MR) is 55.4 cm³/mol. The molecule has 0 radical (unpaired) electrons. The van der Waals surface area contributed by atoms with Crippen LogP contribution >= 0.6 is 0 Å². The van der Waals surface area contributed by atoms with Crippen LogP contribution in [0.3, 0.4) is 0 Å². The molecular weight excluding hydrogens is 216 g/mol. The quantitative estimate of drug-likeness (QED) is 0.640. The molecule has 0 aliphatic carbocycles. The van der Waals surface area contributed by atoms with E-state index in [9.17, 15) is 8.42 Å². The number of pyridine rings is 1. The molecule has 1 aromatic rings. The summed E-state index contributed by atoms with van der Waals surface area (Å²) in [5.74, 6) is 0. The van der Waals surface area contributed by atoms with E-state index >= 15 is 0 Å². The summed E-state index contributed by atoms with van der Waals surface area (Å²) in [5, 5.41) is 8.81. The number of hydrogen-bond acceptors (Lipinski definition) is 3. The molecule has 0 spiro atoms. The van der Waals surface area contributed by atoms with Crippen LogP contribution in [0.4, 0.5) is 0 Å². The van der Waals surface area contributed by atoms with Crippen molar-refractivity contribution in [3.63, 3.8) is 0 Å². The molecule has 0 unspecified atom stereocenters. The summed E-state index contributed by atoms with van der Waals surface area (Å²) < 4.78 is 25.8. The number of nitrogens with one attached hydrogen (secondary N) is 1. The van der Waals surface area contributed by atoms with Gasteiger partial charge in [0, 0.05) is 12.1 Å². The third kappa shape index (κ3) is 4.87. The molecule has 2 N–H and O–H groups in total. The molecule has 1 rings (SSSR count). The maximum absolute atomic E-state index is 10.8. The lowest BCUT2D eigenvalue weighted by molar-refractivity contribution is -0.694. The molecule has 0 aliphatic rings. The van der Waals surface area contributed by atoms with Crippen LogP contribution in [0.1, 0.15) is 5.56 Å². The SMILES string of the molecule is CS(=O)(=O)NCC[n+]1ccc(CO)cc1. The van der Waals surface area contributed by atoms with E-state index in [0.717, 1.165) is 11.8 Å². The first-order valence-electron chi connectivity index (χ1n) is 4.55. The fourth-order valence-electron chi connectivity index (χ4n) is 1.10. The van der Waals surface area contributed by atoms with Gasteiger partial charge in [-0.1, -0.05) is 0 Å². The summed E-state index contributed by atoms with van der Waals surface area (Å²) in [7, 11) is -3.11. The van der Waals surface area contributed by atoms with Gasteiger partial charge in [0.2, 0.25) is 10.0 Å². The Balaban J connectivity index is 2.45. The van der Waals surface area contributed by atoms with Crippen LogP contribution in [0, 0.1) is 0 Å². The Labute approximate surface area is 89.4 Å². The number of hydrogen-bond donors (Lipinski definition) is 2. The Morgan fingerprint density at radius 1 is 1.40 bits per heavy atom. The number of nitrogens with zero attached hydrogens (tertiary/aromatic N) is 1. The van der Waals surface area contributed by atoms with Crippen molar-refractivity contribution >= 4 is 10.0 Å². The molecular formula is C9H15N2O3S+. The second kappa shape index (κ2) is 5.20.